The number of hydrogen-bond acceptors (Lipinski definition) is 4. The molecule has 0 saturated heterocycles. The lowest BCUT2D eigenvalue weighted by Crippen LogP contribution is -2.24. The van der Waals surface area contributed by atoms with Crippen LogP contribution in [0.1, 0.15) is 26.7 Å². The van der Waals surface area contributed by atoms with Gasteiger partial charge in [-0.1, -0.05) is 13.3 Å². The van der Waals surface area contributed by atoms with Gasteiger partial charge < -0.3 is 10.6 Å². The average molecular weight is 270 g/mol. The van der Waals surface area contributed by atoms with Crippen LogP contribution in [0.3, 0.4) is 0 Å². The van der Waals surface area contributed by atoms with E-state index >= 15 is 0 Å². The zero-order valence-electron chi connectivity index (χ0n) is 11.3. The summed E-state index contributed by atoms with van der Waals surface area (Å²) in [5.74, 6) is 0. The maximum Gasteiger partial charge on any atom is 0.175 e. The fourth-order valence-corrected chi connectivity index (χ4v) is 2.51. The number of benzene rings is 1. The van der Waals surface area contributed by atoms with Gasteiger partial charge in [0.1, 0.15) is 0 Å². The lowest BCUT2D eigenvalue weighted by atomic mass is 10.2. The molecule has 1 aromatic rings. The molecule has 18 heavy (non-hydrogen) atoms. The Balaban J connectivity index is 3.04. The zero-order valence-corrected chi connectivity index (χ0v) is 12.1. The third-order valence-corrected chi connectivity index (χ3v) is 4.04. The van der Waals surface area contributed by atoms with Gasteiger partial charge >= 0.3 is 0 Å². The zero-order chi connectivity index (χ0) is 13.8. The minimum absolute atomic E-state index is 0.273. The van der Waals surface area contributed by atoms with Crippen molar-refractivity contribution >= 4 is 21.2 Å². The molecule has 0 bridgehead atoms. The Morgan fingerprint density at radius 2 is 1.94 bits per heavy atom. The van der Waals surface area contributed by atoms with Gasteiger partial charge in [0.15, 0.2) is 9.84 Å². The highest BCUT2D eigenvalue weighted by Crippen LogP contribution is 2.26. The van der Waals surface area contributed by atoms with E-state index in [4.69, 9.17) is 5.73 Å². The van der Waals surface area contributed by atoms with E-state index in [0.717, 1.165) is 31.6 Å². The third kappa shape index (κ3) is 3.63. The molecule has 5 heteroatoms. The van der Waals surface area contributed by atoms with E-state index in [0.29, 0.717) is 5.69 Å². The Morgan fingerprint density at radius 1 is 1.28 bits per heavy atom. The first-order chi connectivity index (χ1) is 8.40. The van der Waals surface area contributed by atoms with Crippen molar-refractivity contribution < 1.29 is 8.42 Å². The molecule has 0 amide bonds. The second kappa shape index (κ2) is 6.09. The first-order valence-corrected chi connectivity index (χ1v) is 8.13. The van der Waals surface area contributed by atoms with E-state index in [-0.39, 0.29) is 4.90 Å². The third-order valence-electron chi connectivity index (χ3n) is 2.93. The number of hydrogen-bond donors (Lipinski definition) is 1. The van der Waals surface area contributed by atoms with Crippen LogP contribution in [-0.4, -0.2) is 27.8 Å². The quantitative estimate of drug-likeness (QED) is 0.806. The number of nitrogens with zero attached hydrogens (tertiary/aromatic N) is 1. The Labute approximate surface area is 110 Å². The summed E-state index contributed by atoms with van der Waals surface area (Å²) in [4.78, 5) is 2.44. The maximum atomic E-state index is 11.4. The lowest BCUT2D eigenvalue weighted by molar-refractivity contribution is 0.602. The molecule has 0 atom stereocenters. The lowest BCUT2D eigenvalue weighted by Gasteiger charge is -2.24. The van der Waals surface area contributed by atoms with Gasteiger partial charge in [-0.3, -0.25) is 0 Å². The van der Waals surface area contributed by atoms with Crippen LogP contribution in [0.25, 0.3) is 0 Å². The summed E-state index contributed by atoms with van der Waals surface area (Å²) >= 11 is 0. The predicted molar refractivity (Wildman–Crippen MR) is 76.8 cm³/mol. The first-order valence-electron chi connectivity index (χ1n) is 6.24. The normalized spacial score (nSPS) is 11.5. The van der Waals surface area contributed by atoms with Gasteiger partial charge in [0, 0.05) is 19.3 Å². The van der Waals surface area contributed by atoms with Crippen LogP contribution in [0.2, 0.25) is 0 Å². The van der Waals surface area contributed by atoms with Crippen LogP contribution < -0.4 is 10.6 Å². The summed E-state index contributed by atoms with van der Waals surface area (Å²) in [6, 6.07) is 4.96. The van der Waals surface area contributed by atoms with E-state index in [2.05, 4.69) is 18.7 Å². The minimum atomic E-state index is -3.19. The van der Waals surface area contributed by atoms with Crippen molar-refractivity contribution in [3.05, 3.63) is 18.2 Å². The average Bonchev–Trinajstić information content (AvgIpc) is 2.30. The second-order valence-electron chi connectivity index (χ2n) is 4.43. The van der Waals surface area contributed by atoms with Gasteiger partial charge in [0.05, 0.1) is 16.3 Å². The number of sulfone groups is 1. The van der Waals surface area contributed by atoms with Crippen LogP contribution >= 0.6 is 0 Å². The Morgan fingerprint density at radius 3 is 2.39 bits per heavy atom. The van der Waals surface area contributed by atoms with Crippen LogP contribution in [0.4, 0.5) is 11.4 Å². The Bertz CT molecular complexity index is 498. The molecule has 0 heterocycles. The molecule has 0 unspecified atom stereocenters. The molecule has 0 radical (unpaired) electrons. The molecule has 2 N–H and O–H groups in total. The van der Waals surface area contributed by atoms with Gasteiger partial charge in [-0.25, -0.2) is 8.42 Å². The second-order valence-corrected chi connectivity index (χ2v) is 6.44. The summed E-state index contributed by atoms with van der Waals surface area (Å²) < 4.78 is 22.9. The molecule has 0 aliphatic heterocycles. The summed E-state index contributed by atoms with van der Waals surface area (Å²) in [5, 5.41) is 0. The number of unbranched alkanes of at least 4 members (excludes halogenated alkanes) is 1. The molecule has 102 valence electrons. The van der Waals surface area contributed by atoms with Crippen molar-refractivity contribution in [3.63, 3.8) is 0 Å². The van der Waals surface area contributed by atoms with E-state index in [1.807, 2.05) is 0 Å². The van der Waals surface area contributed by atoms with Crippen LogP contribution in [0.5, 0.6) is 0 Å². The van der Waals surface area contributed by atoms with Crippen LogP contribution in [0, 0.1) is 0 Å². The van der Waals surface area contributed by atoms with Crippen molar-refractivity contribution in [2.24, 2.45) is 0 Å². The van der Waals surface area contributed by atoms with Crippen molar-refractivity contribution in [2.75, 3.05) is 30.0 Å². The van der Waals surface area contributed by atoms with Gasteiger partial charge in [0.25, 0.3) is 0 Å². The first kappa shape index (κ1) is 14.8. The largest absolute Gasteiger partial charge is 0.397 e. The molecule has 0 aromatic heterocycles. The van der Waals surface area contributed by atoms with Crippen molar-refractivity contribution in [1.82, 2.24) is 0 Å². The monoisotopic (exact) mass is 270 g/mol. The predicted octanol–water partition coefficient (Wildman–Crippen LogP) is 2.30. The molecule has 4 nitrogen and oxygen atoms in total. The minimum Gasteiger partial charge on any atom is -0.397 e. The summed E-state index contributed by atoms with van der Waals surface area (Å²) in [6.07, 6.45) is 3.41. The maximum absolute atomic E-state index is 11.4. The molecule has 0 saturated carbocycles. The van der Waals surface area contributed by atoms with E-state index in [9.17, 15) is 8.42 Å². The van der Waals surface area contributed by atoms with Gasteiger partial charge in [-0.15, -0.1) is 0 Å². The van der Waals surface area contributed by atoms with Crippen molar-refractivity contribution in [3.8, 4) is 0 Å². The number of nitrogens with two attached hydrogens (primary N) is 1. The smallest absolute Gasteiger partial charge is 0.175 e. The fourth-order valence-electron chi connectivity index (χ4n) is 1.85. The van der Waals surface area contributed by atoms with E-state index in [1.54, 1.807) is 18.2 Å². The fraction of sp³-hybridized carbons (Fsp3) is 0.538. The van der Waals surface area contributed by atoms with Crippen LogP contribution in [0.15, 0.2) is 23.1 Å². The highest BCUT2D eigenvalue weighted by molar-refractivity contribution is 7.90. The molecule has 0 aliphatic carbocycles. The van der Waals surface area contributed by atoms with Gasteiger partial charge in [0.2, 0.25) is 0 Å². The summed E-state index contributed by atoms with van der Waals surface area (Å²) in [7, 11) is -3.19. The van der Waals surface area contributed by atoms with E-state index < -0.39 is 9.84 Å². The summed E-state index contributed by atoms with van der Waals surface area (Å²) in [6.45, 7) is 6.02. The topological polar surface area (TPSA) is 63.4 Å². The Hall–Kier alpha value is -1.23. The van der Waals surface area contributed by atoms with Crippen LogP contribution in [-0.2, 0) is 9.84 Å². The van der Waals surface area contributed by atoms with Crippen molar-refractivity contribution in [1.29, 1.82) is 0 Å². The molecule has 1 rings (SSSR count). The molecule has 0 aliphatic rings. The molecule has 1 aromatic carbocycles. The van der Waals surface area contributed by atoms with E-state index in [1.165, 1.54) is 6.26 Å². The van der Waals surface area contributed by atoms with Gasteiger partial charge in [-0.05, 0) is 31.5 Å². The molecular formula is C13H22N2O2S. The molecule has 0 fully saturated rings. The highest BCUT2D eigenvalue weighted by Gasteiger charge is 2.12. The SMILES string of the molecule is CCCCN(CC)c1ccc(S(C)(=O)=O)cc1N. The number of rotatable bonds is 6. The molecular weight excluding hydrogens is 248 g/mol. The summed E-state index contributed by atoms with van der Waals surface area (Å²) in [5.41, 5.74) is 7.40. The Kier molecular flexibility index (Phi) is 5.02. The molecule has 0 spiro atoms. The highest BCUT2D eigenvalue weighted by atomic mass is 32.2. The van der Waals surface area contributed by atoms with Crippen molar-refractivity contribution in [2.45, 2.75) is 31.6 Å². The number of anilines is 2. The van der Waals surface area contributed by atoms with Gasteiger partial charge in [-0.2, -0.15) is 0 Å². The number of nitrogen functional groups attached to an aromatic ring is 1. The standard InChI is InChI=1S/C13H22N2O2S/c1-4-6-9-15(5-2)13-8-7-11(10-12(13)14)18(3,16)17/h7-8,10H,4-6,9,14H2,1-3H3.